The summed E-state index contributed by atoms with van der Waals surface area (Å²) in [5.74, 6) is -2.63. The normalized spacial score (nSPS) is 20.9. The second-order valence-corrected chi connectivity index (χ2v) is 5.48. The fraction of sp³-hybridized carbons (Fsp3) is 0.467. The number of piperidine rings is 1. The highest BCUT2D eigenvalue weighted by Crippen LogP contribution is 2.33. The van der Waals surface area contributed by atoms with Crippen LogP contribution in [0.15, 0.2) is 18.2 Å². The molecule has 0 spiro atoms. The van der Waals surface area contributed by atoms with E-state index in [4.69, 9.17) is 5.11 Å². The van der Waals surface area contributed by atoms with E-state index in [9.17, 15) is 19.8 Å². The van der Waals surface area contributed by atoms with Gasteiger partial charge in [-0.2, -0.15) is 0 Å². The van der Waals surface area contributed by atoms with Gasteiger partial charge in [0.15, 0.2) is 0 Å². The van der Waals surface area contributed by atoms with E-state index in [1.165, 1.54) is 6.07 Å². The Balaban J connectivity index is 2.33. The monoisotopic (exact) mass is 293 g/mol. The predicted octanol–water partition coefficient (Wildman–Crippen LogP) is 1.62. The quantitative estimate of drug-likeness (QED) is 0.780. The van der Waals surface area contributed by atoms with Crippen LogP contribution in [0.2, 0.25) is 0 Å². The first-order chi connectivity index (χ1) is 9.90. The number of carboxylic acids is 2. The molecule has 0 radical (unpaired) electrons. The first kappa shape index (κ1) is 15.3. The molecule has 0 aromatic heterocycles. The van der Waals surface area contributed by atoms with Gasteiger partial charge in [-0.1, -0.05) is 17.7 Å². The molecular weight excluding hydrogens is 274 g/mol. The minimum atomic E-state index is -1.08. The van der Waals surface area contributed by atoms with Crippen LogP contribution in [-0.4, -0.2) is 45.2 Å². The molecule has 1 heterocycles. The first-order valence-electron chi connectivity index (χ1n) is 6.89. The summed E-state index contributed by atoms with van der Waals surface area (Å²) in [5.41, 5.74) is 1.16. The topological polar surface area (TPSA) is 98.1 Å². The molecule has 0 saturated carbocycles. The largest absolute Gasteiger partial charge is 0.508 e. The van der Waals surface area contributed by atoms with Gasteiger partial charge in [-0.3, -0.25) is 14.5 Å². The van der Waals surface area contributed by atoms with Gasteiger partial charge in [-0.15, -0.1) is 0 Å². The average Bonchev–Trinajstić information content (AvgIpc) is 2.43. The second kappa shape index (κ2) is 6.13. The fourth-order valence-electron chi connectivity index (χ4n) is 2.82. The third-order valence-electron chi connectivity index (χ3n) is 3.88. The van der Waals surface area contributed by atoms with E-state index in [1.54, 1.807) is 17.0 Å². The van der Waals surface area contributed by atoms with Crippen molar-refractivity contribution in [2.45, 2.75) is 25.8 Å². The summed E-state index contributed by atoms with van der Waals surface area (Å²) in [6.45, 7) is 2.51. The Morgan fingerprint density at radius 2 is 2.05 bits per heavy atom. The van der Waals surface area contributed by atoms with Crippen LogP contribution in [-0.2, 0) is 9.59 Å². The number of aryl methyl sites for hydroxylation is 1. The maximum atomic E-state index is 11.6. The van der Waals surface area contributed by atoms with Gasteiger partial charge in [0.2, 0.25) is 0 Å². The van der Waals surface area contributed by atoms with Crippen LogP contribution in [0.1, 0.15) is 30.0 Å². The fourth-order valence-corrected chi connectivity index (χ4v) is 2.82. The Hall–Kier alpha value is -2.08. The summed E-state index contributed by atoms with van der Waals surface area (Å²) in [7, 11) is 0. The highest BCUT2D eigenvalue weighted by Gasteiger charge is 2.35. The summed E-state index contributed by atoms with van der Waals surface area (Å²) in [6.07, 6.45) is 1.19. The van der Waals surface area contributed by atoms with Crippen LogP contribution in [0.5, 0.6) is 5.75 Å². The van der Waals surface area contributed by atoms with Gasteiger partial charge >= 0.3 is 11.9 Å². The number of aliphatic carboxylic acids is 2. The van der Waals surface area contributed by atoms with Crippen LogP contribution in [0.25, 0.3) is 0 Å². The number of hydrogen-bond donors (Lipinski definition) is 3. The van der Waals surface area contributed by atoms with Gasteiger partial charge in [0.25, 0.3) is 0 Å². The van der Waals surface area contributed by atoms with E-state index in [1.807, 2.05) is 6.92 Å². The minimum Gasteiger partial charge on any atom is -0.508 e. The minimum absolute atomic E-state index is 0.0783. The molecule has 1 aromatic rings. The van der Waals surface area contributed by atoms with Crippen molar-refractivity contribution in [3.8, 4) is 5.75 Å². The van der Waals surface area contributed by atoms with Gasteiger partial charge < -0.3 is 15.3 Å². The Morgan fingerprint density at radius 3 is 2.67 bits per heavy atom. The molecule has 1 aromatic carbocycles. The van der Waals surface area contributed by atoms with E-state index in [2.05, 4.69) is 0 Å². The van der Waals surface area contributed by atoms with Crippen molar-refractivity contribution in [1.82, 2.24) is 4.90 Å². The lowest BCUT2D eigenvalue weighted by molar-refractivity contribution is -0.149. The van der Waals surface area contributed by atoms with Crippen LogP contribution in [0.4, 0.5) is 0 Å². The van der Waals surface area contributed by atoms with Gasteiger partial charge in [0.1, 0.15) is 11.8 Å². The van der Waals surface area contributed by atoms with Crippen molar-refractivity contribution in [2.75, 3.05) is 13.1 Å². The molecule has 114 valence electrons. The number of carbonyl (C=O) groups is 2. The third-order valence-corrected chi connectivity index (χ3v) is 3.88. The molecule has 2 atom stereocenters. The first-order valence-corrected chi connectivity index (χ1v) is 6.89. The van der Waals surface area contributed by atoms with E-state index < -0.39 is 23.9 Å². The number of benzene rings is 1. The SMILES string of the molecule is Cc1ccc(O)c(C(C(=O)O)N2CCCC(C(=O)O)C2)c1. The summed E-state index contributed by atoms with van der Waals surface area (Å²) < 4.78 is 0. The Kier molecular flexibility index (Phi) is 4.47. The summed E-state index contributed by atoms with van der Waals surface area (Å²) >= 11 is 0. The Morgan fingerprint density at radius 1 is 1.33 bits per heavy atom. The number of phenols is 1. The maximum Gasteiger partial charge on any atom is 0.325 e. The van der Waals surface area contributed by atoms with Crippen LogP contribution >= 0.6 is 0 Å². The zero-order chi connectivity index (χ0) is 15.6. The lowest BCUT2D eigenvalue weighted by Crippen LogP contribution is -2.43. The number of phenolic OH excluding ortho intramolecular Hbond substituents is 1. The number of likely N-dealkylation sites (tertiary alicyclic amines) is 1. The number of carboxylic acid groups (broad SMARTS) is 2. The highest BCUT2D eigenvalue weighted by atomic mass is 16.4. The predicted molar refractivity (Wildman–Crippen MR) is 75.2 cm³/mol. The zero-order valence-electron chi connectivity index (χ0n) is 11.8. The molecule has 6 heteroatoms. The Labute approximate surface area is 122 Å². The lowest BCUT2D eigenvalue weighted by atomic mass is 9.94. The average molecular weight is 293 g/mol. The number of hydrogen-bond acceptors (Lipinski definition) is 4. The van der Waals surface area contributed by atoms with Crippen molar-refractivity contribution in [3.05, 3.63) is 29.3 Å². The molecule has 2 rings (SSSR count). The van der Waals surface area contributed by atoms with Crippen LogP contribution < -0.4 is 0 Å². The van der Waals surface area contributed by atoms with Gasteiger partial charge in [-0.05, 0) is 32.4 Å². The molecular formula is C15H19NO5. The molecule has 0 aliphatic carbocycles. The standard InChI is InChI=1S/C15H19NO5/c1-9-4-5-12(17)11(7-9)13(15(20)21)16-6-2-3-10(8-16)14(18)19/h4-5,7,10,13,17H,2-3,6,8H2,1H3,(H,18,19)(H,20,21). The smallest absolute Gasteiger partial charge is 0.325 e. The third kappa shape index (κ3) is 3.33. The molecule has 1 aliphatic rings. The molecule has 6 nitrogen and oxygen atoms in total. The van der Waals surface area contributed by atoms with Crippen molar-refractivity contribution < 1.29 is 24.9 Å². The second-order valence-electron chi connectivity index (χ2n) is 5.48. The Bertz CT molecular complexity index is 557. The zero-order valence-corrected chi connectivity index (χ0v) is 11.8. The molecule has 0 bridgehead atoms. The van der Waals surface area contributed by atoms with E-state index in [0.29, 0.717) is 24.9 Å². The van der Waals surface area contributed by atoms with Crippen LogP contribution in [0, 0.1) is 12.8 Å². The molecule has 21 heavy (non-hydrogen) atoms. The maximum absolute atomic E-state index is 11.6. The van der Waals surface area contributed by atoms with Gasteiger partial charge in [-0.25, -0.2) is 0 Å². The van der Waals surface area contributed by atoms with E-state index in [0.717, 1.165) is 5.56 Å². The van der Waals surface area contributed by atoms with E-state index >= 15 is 0 Å². The van der Waals surface area contributed by atoms with Crippen molar-refractivity contribution >= 4 is 11.9 Å². The van der Waals surface area contributed by atoms with Crippen molar-refractivity contribution in [1.29, 1.82) is 0 Å². The highest BCUT2D eigenvalue weighted by molar-refractivity contribution is 5.77. The van der Waals surface area contributed by atoms with Gasteiger partial charge in [0, 0.05) is 12.1 Å². The molecule has 3 N–H and O–H groups in total. The molecule has 1 fully saturated rings. The van der Waals surface area contributed by atoms with Crippen molar-refractivity contribution in [3.63, 3.8) is 0 Å². The van der Waals surface area contributed by atoms with Gasteiger partial charge in [0.05, 0.1) is 5.92 Å². The van der Waals surface area contributed by atoms with Crippen molar-refractivity contribution in [2.24, 2.45) is 5.92 Å². The molecule has 1 saturated heterocycles. The van der Waals surface area contributed by atoms with Crippen LogP contribution in [0.3, 0.4) is 0 Å². The number of rotatable bonds is 4. The number of aromatic hydroxyl groups is 1. The number of nitrogens with zero attached hydrogens (tertiary/aromatic N) is 1. The molecule has 0 amide bonds. The summed E-state index contributed by atoms with van der Waals surface area (Å²) in [4.78, 5) is 24.4. The molecule has 2 unspecified atom stereocenters. The summed E-state index contributed by atoms with van der Waals surface area (Å²) in [6, 6.07) is 3.79. The lowest BCUT2D eigenvalue weighted by Gasteiger charge is -2.35. The summed E-state index contributed by atoms with van der Waals surface area (Å²) in [5, 5.41) is 28.6. The molecule has 1 aliphatic heterocycles. The van der Waals surface area contributed by atoms with E-state index in [-0.39, 0.29) is 12.3 Å².